The number of rotatable bonds is 6. The van der Waals surface area contributed by atoms with Gasteiger partial charge in [0, 0.05) is 29.6 Å². The maximum absolute atomic E-state index is 12.1. The molecule has 0 fully saturated rings. The first-order chi connectivity index (χ1) is 10.5. The summed E-state index contributed by atoms with van der Waals surface area (Å²) in [7, 11) is 0. The van der Waals surface area contributed by atoms with Gasteiger partial charge in [0.1, 0.15) is 0 Å². The summed E-state index contributed by atoms with van der Waals surface area (Å²) in [4.78, 5) is 28.6. The quantitative estimate of drug-likeness (QED) is 0.858. The maximum atomic E-state index is 12.1. The van der Waals surface area contributed by atoms with E-state index < -0.39 is 5.97 Å². The fourth-order valence-corrected chi connectivity index (χ4v) is 2.91. The highest BCUT2D eigenvalue weighted by Gasteiger charge is 2.11. The summed E-state index contributed by atoms with van der Waals surface area (Å²) < 4.78 is 0. The molecule has 0 aliphatic carbocycles. The Labute approximate surface area is 133 Å². The second-order valence-corrected chi connectivity index (χ2v) is 6.17. The number of nitrogens with one attached hydrogen (secondary N) is 1. The van der Waals surface area contributed by atoms with Crippen molar-refractivity contribution in [2.24, 2.45) is 0 Å². The van der Waals surface area contributed by atoms with Crippen molar-refractivity contribution in [1.82, 2.24) is 10.3 Å². The number of carboxylic acid groups (broad SMARTS) is 1. The Balaban J connectivity index is 1.96. The Kier molecular flexibility index (Phi) is 5.27. The molecule has 2 aromatic rings. The number of aromatic carboxylic acids is 1. The molecule has 0 unspecified atom stereocenters. The smallest absolute Gasteiger partial charge is 0.335 e. The van der Waals surface area contributed by atoms with E-state index in [1.807, 2.05) is 6.20 Å². The summed E-state index contributed by atoms with van der Waals surface area (Å²) in [5.41, 5.74) is 1.24. The van der Waals surface area contributed by atoms with E-state index in [0.29, 0.717) is 18.5 Å². The summed E-state index contributed by atoms with van der Waals surface area (Å²) in [6, 6.07) is 4.62. The molecule has 0 saturated carbocycles. The van der Waals surface area contributed by atoms with Gasteiger partial charge in [0.05, 0.1) is 10.6 Å². The van der Waals surface area contributed by atoms with Crippen LogP contribution in [0.3, 0.4) is 0 Å². The molecule has 2 N–H and O–H groups in total. The molecule has 6 heteroatoms. The summed E-state index contributed by atoms with van der Waals surface area (Å²) in [6.45, 7) is 4.33. The third-order valence-corrected chi connectivity index (χ3v) is 4.36. The van der Waals surface area contributed by atoms with Crippen LogP contribution in [0.4, 0.5) is 0 Å². The minimum atomic E-state index is -1.03. The monoisotopic (exact) mass is 318 g/mol. The Hall–Kier alpha value is -2.21. The first-order valence-electron chi connectivity index (χ1n) is 7.06. The highest BCUT2D eigenvalue weighted by atomic mass is 32.1. The average molecular weight is 318 g/mol. The highest BCUT2D eigenvalue weighted by molar-refractivity contribution is 7.11. The van der Waals surface area contributed by atoms with Crippen molar-refractivity contribution in [3.8, 4) is 0 Å². The number of thiazole rings is 1. The molecule has 0 bridgehead atoms. The van der Waals surface area contributed by atoms with Crippen molar-refractivity contribution >= 4 is 23.2 Å². The van der Waals surface area contributed by atoms with E-state index in [0.717, 1.165) is 17.0 Å². The van der Waals surface area contributed by atoms with Gasteiger partial charge < -0.3 is 10.4 Å². The fraction of sp³-hybridized carbons (Fsp3) is 0.312. The second kappa shape index (κ2) is 7.17. The van der Waals surface area contributed by atoms with Gasteiger partial charge in [-0.3, -0.25) is 4.79 Å². The van der Waals surface area contributed by atoms with E-state index in [-0.39, 0.29) is 11.5 Å². The van der Waals surface area contributed by atoms with E-state index in [2.05, 4.69) is 17.2 Å². The Morgan fingerprint density at radius 2 is 2.00 bits per heavy atom. The number of benzene rings is 1. The first kappa shape index (κ1) is 16.2. The molecule has 0 radical (unpaired) electrons. The van der Waals surface area contributed by atoms with Crippen molar-refractivity contribution < 1.29 is 14.7 Å². The van der Waals surface area contributed by atoms with Gasteiger partial charge in [-0.15, -0.1) is 11.3 Å². The summed E-state index contributed by atoms with van der Waals surface area (Å²) in [6.07, 6.45) is 3.50. The number of carbonyl (C=O) groups is 2. The molecular formula is C16H18N2O3S. The molecule has 0 aliphatic rings. The largest absolute Gasteiger partial charge is 0.478 e. The minimum absolute atomic E-state index is 0.123. The van der Waals surface area contributed by atoms with Gasteiger partial charge in [0.15, 0.2) is 0 Å². The molecule has 1 aromatic heterocycles. The lowest BCUT2D eigenvalue weighted by atomic mass is 10.1. The Morgan fingerprint density at radius 3 is 2.64 bits per heavy atom. The number of carboxylic acids is 1. The highest BCUT2D eigenvalue weighted by Crippen LogP contribution is 2.14. The number of carbonyl (C=O) groups excluding carboxylic acids is 1. The van der Waals surface area contributed by atoms with Crippen LogP contribution in [0.1, 0.15) is 43.1 Å². The number of aryl methyl sites for hydroxylation is 2. The summed E-state index contributed by atoms with van der Waals surface area (Å²) in [5, 5.41) is 12.8. The molecule has 0 saturated heterocycles. The van der Waals surface area contributed by atoms with Gasteiger partial charge in [-0.05, 0) is 37.1 Å². The average Bonchev–Trinajstić information content (AvgIpc) is 2.94. The molecule has 116 valence electrons. The van der Waals surface area contributed by atoms with Gasteiger partial charge in [0.2, 0.25) is 0 Å². The van der Waals surface area contributed by atoms with Crippen molar-refractivity contribution in [3.05, 3.63) is 51.0 Å². The van der Waals surface area contributed by atoms with Crippen molar-refractivity contribution in [2.75, 3.05) is 6.54 Å². The molecule has 5 nitrogen and oxygen atoms in total. The SMILES string of the molecule is CCc1cnc(CCNC(=O)c2cc(C)cc(C(=O)O)c2)s1. The van der Waals surface area contributed by atoms with E-state index in [1.165, 1.54) is 10.9 Å². The molecule has 1 amide bonds. The number of hydrogen-bond acceptors (Lipinski definition) is 4. The van der Waals surface area contributed by atoms with E-state index in [4.69, 9.17) is 5.11 Å². The number of hydrogen-bond donors (Lipinski definition) is 2. The minimum Gasteiger partial charge on any atom is -0.478 e. The predicted octanol–water partition coefficient (Wildman–Crippen LogP) is 2.68. The van der Waals surface area contributed by atoms with E-state index in [1.54, 1.807) is 30.4 Å². The van der Waals surface area contributed by atoms with Gasteiger partial charge in [0.25, 0.3) is 5.91 Å². The molecule has 0 atom stereocenters. The van der Waals surface area contributed by atoms with Crippen LogP contribution in [-0.2, 0) is 12.8 Å². The molecule has 1 heterocycles. The molecule has 22 heavy (non-hydrogen) atoms. The van der Waals surface area contributed by atoms with Crippen LogP contribution in [0.2, 0.25) is 0 Å². The molecule has 0 aliphatic heterocycles. The van der Waals surface area contributed by atoms with Crippen LogP contribution in [0.15, 0.2) is 24.4 Å². The first-order valence-corrected chi connectivity index (χ1v) is 7.88. The van der Waals surface area contributed by atoms with Crippen LogP contribution in [0.5, 0.6) is 0 Å². The number of nitrogens with zero attached hydrogens (tertiary/aromatic N) is 1. The topological polar surface area (TPSA) is 79.3 Å². The lowest BCUT2D eigenvalue weighted by Crippen LogP contribution is -2.26. The van der Waals surface area contributed by atoms with Gasteiger partial charge in [-0.2, -0.15) is 0 Å². The number of amides is 1. The molecule has 1 aromatic carbocycles. The Bertz CT molecular complexity index is 694. The third kappa shape index (κ3) is 4.14. The van der Waals surface area contributed by atoms with Crippen molar-refractivity contribution in [1.29, 1.82) is 0 Å². The van der Waals surface area contributed by atoms with Crippen LogP contribution >= 0.6 is 11.3 Å². The van der Waals surface area contributed by atoms with Crippen LogP contribution < -0.4 is 5.32 Å². The zero-order valence-electron chi connectivity index (χ0n) is 12.5. The van der Waals surface area contributed by atoms with Gasteiger partial charge in [-0.1, -0.05) is 6.92 Å². The summed E-state index contributed by atoms with van der Waals surface area (Å²) >= 11 is 1.65. The van der Waals surface area contributed by atoms with Crippen LogP contribution in [0.25, 0.3) is 0 Å². The predicted molar refractivity (Wildman–Crippen MR) is 85.7 cm³/mol. The Morgan fingerprint density at radius 1 is 1.27 bits per heavy atom. The zero-order valence-corrected chi connectivity index (χ0v) is 13.4. The van der Waals surface area contributed by atoms with Crippen LogP contribution in [-0.4, -0.2) is 28.5 Å². The fourth-order valence-electron chi connectivity index (χ4n) is 2.05. The van der Waals surface area contributed by atoms with E-state index in [9.17, 15) is 9.59 Å². The maximum Gasteiger partial charge on any atom is 0.335 e. The normalized spacial score (nSPS) is 10.5. The lowest BCUT2D eigenvalue weighted by molar-refractivity contribution is 0.0696. The molecular weight excluding hydrogens is 300 g/mol. The molecule has 2 rings (SSSR count). The van der Waals surface area contributed by atoms with E-state index >= 15 is 0 Å². The third-order valence-electron chi connectivity index (χ3n) is 3.16. The zero-order chi connectivity index (χ0) is 16.1. The van der Waals surface area contributed by atoms with Crippen molar-refractivity contribution in [3.63, 3.8) is 0 Å². The van der Waals surface area contributed by atoms with Crippen molar-refractivity contribution in [2.45, 2.75) is 26.7 Å². The lowest BCUT2D eigenvalue weighted by Gasteiger charge is -2.06. The summed E-state index contributed by atoms with van der Waals surface area (Å²) in [5.74, 6) is -1.30. The van der Waals surface area contributed by atoms with Gasteiger partial charge in [-0.25, -0.2) is 9.78 Å². The van der Waals surface area contributed by atoms with Gasteiger partial charge >= 0.3 is 5.97 Å². The molecule has 0 spiro atoms. The number of aromatic nitrogens is 1. The second-order valence-electron chi connectivity index (χ2n) is 4.97. The standard InChI is InChI=1S/C16H18N2O3S/c1-3-13-9-18-14(22-13)4-5-17-15(19)11-6-10(2)7-12(8-11)16(20)21/h6-9H,3-5H2,1-2H3,(H,17,19)(H,20,21). The van der Waals surface area contributed by atoms with Crippen LogP contribution in [0, 0.1) is 6.92 Å².